The Hall–Kier alpha value is -1.06. The summed E-state index contributed by atoms with van der Waals surface area (Å²) in [6.45, 7) is 1.88. The highest BCUT2D eigenvalue weighted by atomic mass is 16.5. The number of benzene rings is 1. The quantitative estimate of drug-likeness (QED) is 0.764. The van der Waals surface area contributed by atoms with Crippen LogP contribution in [0.1, 0.15) is 25.0 Å². The second kappa shape index (κ2) is 4.98. The first-order valence-corrected chi connectivity index (χ1v) is 4.71. The summed E-state index contributed by atoms with van der Waals surface area (Å²) in [5.74, 6) is 0.756. The summed E-state index contributed by atoms with van der Waals surface area (Å²) in [6, 6.07) is 7.40. The molecule has 0 heterocycles. The molecule has 0 spiro atoms. The molecule has 0 fully saturated rings. The molecule has 0 aliphatic rings. The largest absolute Gasteiger partial charge is 0.497 e. The van der Waals surface area contributed by atoms with Gasteiger partial charge in [-0.3, -0.25) is 0 Å². The number of aliphatic hydroxyl groups is 1. The first kappa shape index (κ1) is 11.0. The van der Waals surface area contributed by atoms with Gasteiger partial charge in [0.2, 0.25) is 0 Å². The van der Waals surface area contributed by atoms with Crippen molar-refractivity contribution in [1.82, 2.24) is 0 Å². The van der Waals surface area contributed by atoms with Crippen molar-refractivity contribution in [3.8, 4) is 5.75 Å². The van der Waals surface area contributed by atoms with Crippen molar-refractivity contribution < 1.29 is 9.84 Å². The van der Waals surface area contributed by atoms with Gasteiger partial charge in [0.25, 0.3) is 0 Å². The monoisotopic (exact) mass is 195 g/mol. The molecule has 1 rings (SSSR count). The van der Waals surface area contributed by atoms with Crippen molar-refractivity contribution in [1.29, 1.82) is 0 Å². The topological polar surface area (TPSA) is 55.5 Å². The SMILES string of the molecule is COc1cccc(C(O)CC(C)N)c1. The van der Waals surface area contributed by atoms with Gasteiger partial charge in [0.1, 0.15) is 5.75 Å². The Bertz CT molecular complexity index is 286. The molecule has 0 aliphatic heterocycles. The van der Waals surface area contributed by atoms with Gasteiger partial charge in [-0.2, -0.15) is 0 Å². The highest BCUT2D eigenvalue weighted by Gasteiger charge is 2.10. The summed E-state index contributed by atoms with van der Waals surface area (Å²) in [5, 5.41) is 9.78. The van der Waals surface area contributed by atoms with E-state index in [0.717, 1.165) is 11.3 Å². The molecular weight excluding hydrogens is 178 g/mol. The number of methoxy groups -OCH3 is 1. The van der Waals surface area contributed by atoms with Crippen molar-refractivity contribution >= 4 is 0 Å². The number of ether oxygens (including phenoxy) is 1. The van der Waals surface area contributed by atoms with E-state index in [0.29, 0.717) is 6.42 Å². The summed E-state index contributed by atoms with van der Waals surface area (Å²) < 4.78 is 5.07. The van der Waals surface area contributed by atoms with Gasteiger partial charge in [-0.05, 0) is 31.0 Å². The molecule has 78 valence electrons. The molecule has 1 aromatic rings. The molecule has 2 unspecified atom stereocenters. The number of nitrogens with two attached hydrogens (primary N) is 1. The van der Waals surface area contributed by atoms with Crippen LogP contribution in [0.3, 0.4) is 0 Å². The maximum atomic E-state index is 9.78. The van der Waals surface area contributed by atoms with E-state index in [1.807, 2.05) is 31.2 Å². The minimum atomic E-state index is -0.509. The molecule has 3 nitrogen and oxygen atoms in total. The van der Waals surface area contributed by atoms with Gasteiger partial charge in [0.05, 0.1) is 13.2 Å². The van der Waals surface area contributed by atoms with Crippen LogP contribution in [0.25, 0.3) is 0 Å². The van der Waals surface area contributed by atoms with E-state index < -0.39 is 6.10 Å². The molecule has 0 saturated carbocycles. The summed E-state index contributed by atoms with van der Waals surface area (Å²) >= 11 is 0. The van der Waals surface area contributed by atoms with E-state index in [2.05, 4.69) is 0 Å². The Labute approximate surface area is 84.5 Å². The Balaban J connectivity index is 2.73. The van der Waals surface area contributed by atoms with E-state index in [9.17, 15) is 5.11 Å². The van der Waals surface area contributed by atoms with E-state index >= 15 is 0 Å². The van der Waals surface area contributed by atoms with E-state index in [4.69, 9.17) is 10.5 Å². The molecule has 14 heavy (non-hydrogen) atoms. The fourth-order valence-corrected chi connectivity index (χ4v) is 1.34. The zero-order valence-electron chi connectivity index (χ0n) is 8.60. The fourth-order valence-electron chi connectivity index (χ4n) is 1.34. The Morgan fingerprint density at radius 3 is 2.79 bits per heavy atom. The molecule has 0 aromatic heterocycles. The van der Waals surface area contributed by atoms with Gasteiger partial charge in [0, 0.05) is 6.04 Å². The van der Waals surface area contributed by atoms with Crippen molar-refractivity contribution in [2.45, 2.75) is 25.5 Å². The molecule has 0 radical (unpaired) electrons. The third-order valence-corrected chi connectivity index (χ3v) is 2.07. The predicted molar refractivity (Wildman–Crippen MR) is 56.2 cm³/mol. The first-order chi connectivity index (χ1) is 6.63. The summed E-state index contributed by atoms with van der Waals surface area (Å²) in [5.41, 5.74) is 6.46. The number of hydrogen-bond donors (Lipinski definition) is 2. The van der Waals surface area contributed by atoms with Gasteiger partial charge in [-0.1, -0.05) is 12.1 Å². The molecule has 3 N–H and O–H groups in total. The molecule has 2 atom stereocenters. The van der Waals surface area contributed by atoms with Gasteiger partial charge < -0.3 is 15.6 Å². The maximum absolute atomic E-state index is 9.78. The average Bonchev–Trinajstić information content (AvgIpc) is 2.17. The summed E-state index contributed by atoms with van der Waals surface area (Å²) in [6.07, 6.45) is 0.0535. The lowest BCUT2D eigenvalue weighted by Crippen LogP contribution is -2.18. The van der Waals surface area contributed by atoms with Crippen molar-refractivity contribution in [3.63, 3.8) is 0 Å². The molecular formula is C11H17NO2. The minimum Gasteiger partial charge on any atom is -0.497 e. The predicted octanol–water partition coefficient (Wildman–Crippen LogP) is 1.47. The van der Waals surface area contributed by atoms with E-state index in [1.165, 1.54) is 0 Å². The molecule has 0 bridgehead atoms. The molecule has 0 amide bonds. The Morgan fingerprint density at radius 2 is 2.21 bits per heavy atom. The van der Waals surface area contributed by atoms with Crippen LogP contribution in [-0.4, -0.2) is 18.3 Å². The minimum absolute atomic E-state index is 0.00352. The van der Waals surface area contributed by atoms with Crippen LogP contribution >= 0.6 is 0 Å². The smallest absolute Gasteiger partial charge is 0.119 e. The molecule has 3 heteroatoms. The number of aliphatic hydroxyl groups excluding tert-OH is 1. The average molecular weight is 195 g/mol. The third kappa shape index (κ3) is 3.01. The van der Waals surface area contributed by atoms with Crippen LogP contribution < -0.4 is 10.5 Å². The normalized spacial score (nSPS) is 14.9. The lowest BCUT2D eigenvalue weighted by molar-refractivity contribution is 0.160. The lowest BCUT2D eigenvalue weighted by Gasteiger charge is -2.13. The van der Waals surface area contributed by atoms with Crippen LogP contribution in [-0.2, 0) is 0 Å². The van der Waals surface area contributed by atoms with Crippen molar-refractivity contribution in [2.24, 2.45) is 5.73 Å². The second-order valence-electron chi connectivity index (χ2n) is 3.51. The Morgan fingerprint density at radius 1 is 1.50 bits per heavy atom. The first-order valence-electron chi connectivity index (χ1n) is 4.71. The van der Waals surface area contributed by atoms with Gasteiger partial charge >= 0.3 is 0 Å². The molecule has 0 aliphatic carbocycles. The fraction of sp³-hybridized carbons (Fsp3) is 0.455. The lowest BCUT2D eigenvalue weighted by atomic mass is 10.0. The van der Waals surface area contributed by atoms with Crippen LogP contribution in [0.4, 0.5) is 0 Å². The van der Waals surface area contributed by atoms with Crippen molar-refractivity contribution in [3.05, 3.63) is 29.8 Å². The summed E-state index contributed by atoms with van der Waals surface area (Å²) in [7, 11) is 1.61. The summed E-state index contributed by atoms with van der Waals surface area (Å²) in [4.78, 5) is 0. The zero-order chi connectivity index (χ0) is 10.6. The second-order valence-corrected chi connectivity index (χ2v) is 3.51. The van der Waals surface area contributed by atoms with Crippen molar-refractivity contribution in [2.75, 3.05) is 7.11 Å². The van der Waals surface area contributed by atoms with E-state index in [1.54, 1.807) is 7.11 Å². The number of rotatable bonds is 4. The highest BCUT2D eigenvalue weighted by molar-refractivity contribution is 5.29. The van der Waals surface area contributed by atoms with Gasteiger partial charge in [-0.25, -0.2) is 0 Å². The van der Waals surface area contributed by atoms with Crippen LogP contribution in [0.15, 0.2) is 24.3 Å². The zero-order valence-corrected chi connectivity index (χ0v) is 8.60. The maximum Gasteiger partial charge on any atom is 0.119 e. The van der Waals surface area contributed by atoms with Crippen LogP contribution in [0, 0.1) is 0 Å². The van der Waals surface area contributed by atoms with E-state index in [-0.39, 0.29) is 6.04 Å². The van der Waals surface area contributed by atoms with Crippen LogP contribution in [0.2, 0.25) is 0 Å². The van der Waals surface area contributed by atoms with Gasteiger partial charge in [0.15, 0.2) is 0 Å². The Kier molecular flexibility index (Phi) is 3.92. The number of hydrogen-bond acceptors (Lipinski definition) is 3. The standard InChI is InChI=1S/C11H17NO2/c1-8(12)6-11(13)9-4-3-5-10(7-9)14-2/h3-5,7-8,11,13H,6,12H2,1-2H3. The van der Waals surface area contributed by atoms with Crippen LogP contribution in [0.5, 0.6) is 5.75 Å². The molecule has 1 aromatic carbocycles. The highest BCUT2D eigenvalue weighted by Crippen LogP contribution is 2.21. The molecule has 0 saturated heterocycles. The van der Waals surface area contributed by atoms with Gasteiger partial charge in [-0.15, -0.1) is 0 Å². The third-order valence-electron chi connectivity index (χ3n) is 2.07.